The Morgan fingerprint density at radius 1 is 1.67 bits per heavy atom. The summed E-state index contributed by atoms with van der Waals surface area (Å²) in [5.74, 6) is 0.0116. The zero-order chi connectivity index (χ0) is 11.5. The van der Waals surface area contributed by atoms with Crippen LogP contribution in [0.1, 0.15) is 13.3 Å². The van der Waals surface area contributed by atoms with E-state index in [0.29, 0.717) is 26.2 Å². The number of likely N-dealkylation sites (N-methyl/N-ethyl adjacent to an activating group) is 1. The van der Waals surface area contributed by atoms with Gasteiger partial charge >= 0.3 is 0 Å². The molecule has 15 heavy (non-hydrogen) atoms. The van der Waals surface area contributed by atoms with E-state index in [1.54, 1.807) is 21.0 Å². The monoisotopic (exact) mass is 216 g/mol. The highest BCUT2D eigenvalue weighted by atomic mass is 16.5. The average molecular weight is 216 g/mol. The summed E-state index contributed by atoms with van der Waals surface area (Å²) in [5.41, 5.74) is -0.805. The molecule has 1 amide bonds. The first-order valence-corrected chi connectivity index (χ1v) is 5.19. The molecule has 5 nitrogen and oxygen atoms in total. The van der Waals surface area contributed by atoms with Crippen LogP contribution < -0.4 is 5.32 Å². The van der Waals surface area contributed by atoms with Crippen molar-refractivity contribution in [2.45, 2.75) is 25.0 Å². The number of carbonyl (C=O) groups excluding carboxylic acids is 1. The molecule has 1 fully saturated rings. The molecule has 0 aliphatic carbocycles. The van der Waals surface area contributed by atoms with Gasteiger partial charge in [0.2, 0.25) is 5.91 Å². The Balaban J connectivity index is 2.33. The number of aliphatic hydroxyl groups is 1. The first-order valence-electron chi connectivity index (χ1n) is 5.19. The zero-order valence-corrected chi connectivity index (χ0v) is 9.62. The van der Waals surface area contributed by atoms with E-state index in [2.05, 4.69) is 5.32 Å². The maximum absolute atomic E-state index is 11.5. The fraction of sp³-hybridized carbons (Fsp3) is 0.900. The van der Waals surface area contributed by atoms with Crippen molar-refractivity contribution in [2.24, 2.45) is 0 Å². The molecule has 0 aromatic carbocycles. The van der Waals surface area contributed by atoms with Crippen LogP contribution in [0.4, 0.5) is 0 Å². The van der Waals surface area contributed by atoms with Crippen LogP contribution >= 0.6 is 0 Å². The number of hydrogen-bond acceptors (Lipinski definition) is 4. The van der Waals surface area contributed by atoms with Gasteiger partial charge in [-0.2, -0.15) is 0 Å². The molecule has 2 N–H and O–H groups in total. The van der Waals surface area contributed by atoms with Gasteiger partial charge in [-0.3, -0.25) is 4.79 Å². The van der Waals surface area contributed by atoms with Gasteiger partial charge in [0.15, 0.2) is 0 Å². The molecule has 2 atom stereocenters. The number of carbonyl (C=O) groups is 1. The van der Waals surface area contributed by atoms with Crippen LogP contribution in [0.5, 0.6) is 0 Å². The second kappa shape index (κ2) is 4.92. The van der Waals surface area contributed by atoms with Crippen LogP contribution in [-0.4, -0.2) is 61.4 Å². The van der Waals surface area contributed by atoms with E-state index in [1.165, 1.54) is 4.90 Å². The predicted molar refractivity (Wildman–Crippen MR) is 56.5 cm³/mol. The van der Waals surface area contributed by atoms with E-state index < -0.39 is 5.60 Å². The van der Waals surface area contributed by atoms with Crippen LogP contribution in [0, 0.1) is 0 Å². The molecule has 2 unspecified atom stereocenters. The lowest BCUT2D eigenvalue weighted by atomic mass is 10.0. The lowest BCUT2D eigenvalue weighted by molar-refractivity contribution is -0.130. The highest BCUT2D eigenvalue weighted by Crippen LogP contribution is 2.17. The van der Waals surface area contributed by atoms with E-state index in [9.17, 15) is 9.90 Å². The summed E-state index contributed by atoms with van der Waals surface area (Å²) in [5, 5.41) is 13.0. The molecule has 0 saturated carbocycles. The van der Waals surface area contributed by atoms with Crippen LogP contribution in [0.15, 0.2) is 0 Å². The topological polar surface area (TPSA) is 61.8 Å². The van der Waals surface area contributed by atoms with E-state index in [1.807, 2.05) is 0 Å². The van der Waals surface area contributed by atoms with Gasteiger partial charge in [-0.05, 0) is 6.92 Å². The quantitative estimate of drug-likeness (QED) is 0.646. The number of amides is 1. The summed E-state index contributed by atoms with van der Waals surface area (Å²) in [4.78, 5) is 13.0. The Labute approximate surface area is 90.4 Å². The molecule has 1 rings (SSSR count). The Kier molecular flexibility index (Phi) is 4.07. The zero-order valence-electron chi connectivity index (χ0n) is 9.62. The molecule has 0 spiro atoms. The third-order valence-electron chi connectivity index (χ3n) is 2.63. The van der Waals surface area contributed by atoms with Crippen molar-refractivity contribution in [1.29, 1.82) is 0 Å². The highest BCUT2D eigenvalue weighted by molar-refractivity contribution is 5.80. The molecular formula is C10H20N2O3. The molecule has 0 radical (unpaired) electrons. The van der Waals surface area contributed by atoms with E-state index in [4.69, 9.17) is 4.74 Å². The molecule has 0 aromatic rings. The number of ether oxygens (including phenoxy) is 1. The van der Waals surface area contributed by atoms with Gasteiger partial charge in [0.05, 0.1) is 12.6 Å². The lowest BCUT2D eigenvalue weighted by Crippen LogP contribution is -2.49. The summed E-state index contributed by atoms with van der Waals surface area (Å²) in [6, 6.07) is -0.273. The Hall–Kier alpha value is -0.650. The van der Waals surface area contributed by atoms with Crippen LogP contribution in [0.25, 0.3) is 0 Å². The van der Waals surface area contributed by atoms with E-state index in [-0.39, 0.29) is 11.9 Å². The Bertz CT molecular complexity index is 225. The summed E-state index contributed by atoms with van der Waals surface area (Å²) in [6.07, 6.45) is 0.628. The number of nitrogens with zero attached hydrogens (tertiary/aromatic N) is 1. The molecule has 1 heterocycles. The molecule has 5 heteroatoms. The minimum absolute atomic E-state index is 0.0116. The predicted octanol–water partition coefficient (Wildman–Crippen LogP) is -0.796. The molecule has 1 saturated heterocycles. The van der Waals surface area contributed by atoms with Crippen LogP contribution in [0.2, 0.25) is 0 Å². The third kappa shape index (κ3) is 3.44. The molecule has 88 valence electrons. The molecule has 1 aliphatic heterocycles. The highest BCUT2D eigenvalue weighted by Gasteiger charge is 2.32. The molecule has 0 bridgehead atoms. The maximum atomic E-state index is 11.5. The fourth-order valence-electron chi connectivity index (χ4n) is 1.55. The number of nitrogens with one attached hydrogen (secondary N) is 1. The van der Waals surface area contributed by atoms with Gasteiger partial charge in [0.1, 0.15) is 5.60 Å². The second-order valence-corrected chi connectivity index (χ2v) is 4.36. The van der Waals surface area contributed by atoms with Crippen molar-refractivity contribution in [1.82, 2.24) is 10.2 Å². The lowest BCUT2D eigenvalue weighted by Gasteiger charge is -2.24. The molecule has 0 aromatic heterocycles. The average Bonchev–Trinajstić information content (AvgIpc) is 2.61. The van der Waals surface area contributed by atoms with Gasteiger partial charge in [-0.25, -0.2) is 0 Å². The largest absolute Gasteiger partial charge is 0.386 e. The summed E-state index contributed by atoms with van der Waals surface area (Å²) in [7, 11) is 3.43. The molecular weight excluding hydrogens is 196 g/mol. The van der Waals surface area contributed by atoms with Crippen LogP contribution in [0.3, 0.4) is 0 Å². The Morgan fingerprint density at radius 2 is 2.33 bits per heavy atom. The summed E-state index contributed by atoms with van der Waals surface area (Å²) < 4.78 is 5.11. The van der Waals surface area contributed by atoms with Gasteiger partial charge < -0.3 is 20.1 Å². The van der Waals surface area contributed by atoms with Crippen LogP contribution in [-0.2, 0) is 9.53 Å². The summed E-state index contributed by atoms with van der Waals surface area (Å²) in [6.45, 7) is 3.13. The van der Waals surface area contributed by atoms with Crippen molar-refractivity contribution < 1.29 is 14.6 Å². The maximum Gasteiger partial charge on any atom is 0.238 e. The van der Waals surface area contributed by atoms with E-state index >= 15 is 0 Å². The van der Waals surface area contributed by atoms with Gasteiger partial charge in [-0.1, -0.05) is 0 Å². The second-order valence-electron chi connectivity index (χ2n) is 4.36. The first-order chi connectivity index (χ1) is 6.94. The smallest absolute Gasteiger partial charge is 0.238 e. The van der Waals surface area contributed by atoms with Crippen molar-refractivity contribution in [3.8, 4) is 0 Å². The van der Waals surface area contributed by atoms with Crippen molar-refractivity contribution >= 4 is 5.91 Å². The Morgan fingerprint density at radius 3 is 2.80 bits per heavy atom. The van der Waals surface area contributed by atoms with Gasteiger partial charge in [0, 0.05) is 33.7 Å². The number of hydrogen-bond donors (Lipinski definition) is 2. The summed E-state index contributed by atoms with van der Waals surface area (Å²) >= 11 is 0. The van der Waals surface area contributed by atoms with Crippen molar-refractivity contribution in [3.63, 3.8) is 0 Å². The van der Waals surface area contributed by atoms with Crippen molar-refractivity contribution in [2.75, 3.05) is 33.9 Å². The minimum atomic E-state index is -0.805. The normalized spacial score (nSPS) is 27.7. The SMILES string of the molecule is CC(NCC1(O)CCOC1)C(=O)N(C)C. The van der Waals surface area contributed by atoms with Crippen molar-refractivity contribution in [3.05, 3.63) is 0 Å². The molecule has 1 aliphatic rings. The first kappa shape index (κ1) is 12.4. The van der Waals surface area contributed by atoms with E-state index in [0.717, 1.165) is 0 Å². The van der Waals surface area contributed by atoms with Gasteiger partial charge in [-0.15, -0.1) is 0 Å². The standard InChI is InChI=1S/C10H20N2O3/c1-8(9(13)12(2)3)11-6-10(14)4-5-15-7-10/h8,11,14H,4-7H2,1-3H3. The van der Waals surface area contributed by atoms with Gasteiger partial charge in [0.25, 0.3) is 0 Å². The minimum Gasteiger partial charge on any atom is -0.386 e. The fourth-order valence-corrected chi connectivity index (χ4v) is 1.55. The third-order valence-corrected chi connectivity index (χ3v) is 2.63. The number of rotatable bonds is 4.